The maximum atomic E-state index is 5.61. The summed E-state index contributed by atoms with van der Waals surface area (Å²) in [6.45, 7) is 4.45. The van der Waals surface area contributed by atoms with Crippen molar-refractivity contribution in [3.63, 3.8) is 0 Å². The normalized spacial score (nSPS) is 11.7. The van der Waals surface area contributed by atoms with Crippen LogP contribution in [0.15, 0.2) is 83.8 Å². The van der Waals surface area contributed by atoms with Crippen LogP contribution in [0.3, 0.4) is 0 Å². The molecule has 3 rings (SSSR count). The summed E-state index contributed by atoms with van der Waals surface area (Å²) < 4.78 is 5.28. The van der Waals surface area contributed by atoms with Crippen LogP contribution in [-0.4, -0.2) is 12.2 Å². The Morgan fingerprint density at radius 3 is 2.23 bits per heavy atom. The minimum absolute atomic E-state index is 0.146. The second-order valence-electron chi connectivity index (χ2n) is 7.85. The SMILES string of the molecule is COc1ccc([C@@H](CC(C)C)NC(=S)Nc2ccc(CSc3ccccc3)cc2)cc1. The molecule has 0 spiro atoms. The third-order valence-electron chi connectivity index (χ3n) is 4.89. The molecule has 3 aromatic carbocycles. The van der Waals surface area contributed by atoms with Gasteiger partial charge in [-0.05, 0) is 72.1 Å². The first-order chi connectivity index (χ1) is 15.0. The lowest BCUT2D eigenvalue weighted by molar-refractivity contribution is 0.414. The van der Waals surface area contributed by atoms with E-state index in [1.165, 1.54) is 16.0 Å². The number of hydrogen-bond donors (Lipinski definition) is 2. The van der Waals surface area contributed by atoms with Gasteiger partial charge in [0.1, 0.15) is 5.75 Å². The summed E-state index contributed by atoms with van der Waals surface area (Å²) in [7, 11) is 1.68. The van der Waals surface area contributed by atoms with Gasteiger partial charge in [0.05, 0.1) is 13.2 Å². The minimum Gasteiger partial charge on any atom is -0.497 e. The van der Waals surface area contributed by atoms with Gasteiger partial charge in [-0.3, -0.25) is 0 Å². The largest absolute Gasteiger partial charge is 0.497 e. The molecule has 0 amide bonds. The highest BCUT2D eigenvalue weighted by Gasteiger charge is 2.15. The summed E-state index contributed by atoms with van der Waals surface area (Å²) in [6, 6.07) is 27.3. The van der Waals surface area contributed by atoms with Crippen LogP contribution in [0.25, 0.3) is 0 Å². The highest BCUT2D eigenvalue weighted by atomic mass is 32.2. The number of ether oxygens (including phenoxy) is 1. The van der Waals surface area contributed by atoms with E-state index in [1.54, 1.807) is 7.11 Å². The van der Waals surface area contributed by atoms with Crippen molar-refractivity contribution < 1.29 is 4.74 Å². The van der Waals surface area contributed by atoms with Crippen LogP contribution in [0, 0.1) is 5.92 Å². The molecule has 0 fully saturated rings. The lowest BCUT2D eigenvalue weighted by Gasteiger charge is -2.23. The summed E-state index contributed by atoms with van der Waals surface area (Å²) >= 11 is 7.45. The van der Waals surface area contributed by atoms with Gasteiger partial charge in [-0.15, -0.1) is 11.8 Å². The van der Waals surface area contributed by atoms with Gasteiger partial charge >= 0.3 is 0 Å². The van der Waals surface area contributed by atoms with E-state index in [1.807, 2.05) is 30.0 Å². The summed E-state index contributed by atoms with van der Waals surface area (Å²) in [4.78, 5) is 1.28. The molecule has 0 aliphatic rings. The van der Waals surface area contributed by atoms with Crippen LogP contribution in [0.5, 0.6) is 5.75 Å². The van der Waals surface area contributed by atoms with Crippen LogP contribution in [-0.2, 0) is 5.75 Å². The van der Waals surface area contributed by atoms with Gasteiger partial charge in [0.15, 0.2) is 5.11 Å². The summed E-state index contributed by atoms with van der Waals surface area (Å²) in [5, 5.41) is 7.45. The number of methoxy groups -OCH3 is 1. The number of anilines is 1. The van der Waals surface area contributed by atoms with Gasteiger partial charge in [-0.25, -0.2) is 0 Å². The lowest BCUT2D eigenvalue weighted by atomic mass is 9.97. The zero-order valence-electron chi connectivity index (χ0n) is 18.3. The molecule has 0 saturated carbocycles. The Labute approximate surface area is 195 Å². The van der Waals surface area contributed by atoms with Crippen molar-refractivity contribution in [2.75, 3.05) is 12.4 Å². The van der Waals surface area contributed by atoms with Crippen molar-refractivity contribution in [2.24, 2.45) is 5.92 Å². The van der Waals surface area contributed by atoms with Crippen LogP contribution in [0.2, 0.25) is 0 Å². The van der Waals surface area contributed by atoms with Gasteiger partial charge < -0.3 is 15.4 Å². The zero-order chi connectivity index (χ0) is 22.1. The predicted octanol–water partition coefficient (Wildman–Crippen LogP) is 7.06. The van der Waals surface area contributed by atoms with E-state index in [0.29, 0.717) is 11.0 Å². The van der Waals surface area contributed by atoms with E-state index in [2.05, 4.69) is 85.1 Å². The molecular weight excluding hydrogens is 420 g/mol. The summed E-state index contributed by atoms with van der Waals surface area (Å²) in [5.74, 6) is 2.35. The molecule has 0 saturated heterocycles. The highest BCUT2D eigenvalue weighted by Crippen LogP contribution is 2.25. The average Bonchev–Trinajstić information content (AvgIpc) is 2.78. The summed E-state index contributed by atoms with van der Waals surface area (Å²) in [6.07, 6.45) is 0.990. The maximum absolute atomic E-state index is 5.61. The van der Waals surface area contributed by atoms with E-state index < -0.39 is 0 Å². The van der Waals surface area contributed by atoms with Gasteiger partial charge in [0, 0.05) is 16.3 Å². The molecule has 162 valence electrons. The topological polar surface area (TPSA) is 33.3 Å². The Kier molecular flexibility index (Phi) is 8.80. The van der Waals surface area contributed by atoms with Crippen LogP contribution in [0.1, 0.15) is 37.4 Å². The first-order valence-corrected chi connectivity index (χ1v) is 11.9. The highest BCUT2D eigenvalue weighted by molar-refractivity contribution is 7.98. The van der Waals surface area contributed by atoms with E-state index in [-0.39, 0.29) is 6.04 Å². The fraction of sp³-hybridized carbons (Fsp3) is 0.269. The Bertz CT molecular complexity index is 941. The Hall–Kier alpha value is -2.50. The molecule has 31 heavy (non-hydrogen) atoms. The van der Waals surface area contributed by atoms with Crippen LogP contribution in [0.4, 0.5) is 5.69 Å². The monoisotopic (exact) mass is 450 g/mol. The molecule has 0 unspecified atom stereocenters. The summed E-state index contributed by atoms with van der Waals surface area (Å²) in [5.41, 5.74) is 3.48. The molecule has 0 aromatic heterocycles. The van der Waals surface area contributed by atoms with Crippen molar-refractivity contribution >= 4 is 34.8 Å². The van der Waals surface area contributed by atoms with Crippen molar-refractivity contribution in [1.29, 1.82) is 0 Å². The van der Waals surface area contributed by atoms with Crippen molar-refractivity contribution in [1.82, 2.24) is 5.32 Å². The van der Waals surface area contributed by atoms with Crippen LogP contribution < -0.4 is 15.4 Å². The smallest absolute Gasteiger partial charge is 0.171 e. The number of thioether (sulfide) groups is 1. The first kappa shape index (κ1) is 23.2. The molecule has 3 aromatic rings. The van der Waals surface area contributed by atoms with E-state index in [9.17, 15) is 0 Å². The molecule has 0 heterocycles. The van der Waals surface area contributed by atoms with E-state index in [0.717, 1.165) is 23.6 Å². The molecule has 5 heteroatoms. The standard InChI is InChI=1S/C26H30N2OS2/c1-19(2)17-25(21-11-15-23(29-3)16-12-21)28-26(30)27-22-13-9-20(10-14-22)18-31-24-7-5-4-6-8-24/h4-16,19,25H,17-18H2,1-3H3,(H2,27,28,30)/t25-/m1/s1. The number of thiocarbonyl (C=S) groups is 1. The zero-order valence-corrected chi connectivity index (χ0v) is 19.9. The fourth-order valence-electron chi connectivity index (χ4n) is 3.28. The van der Waals surface area contributed by atoms with Crippen molar-refractivity contribution in [2.45, 2.75) is 37.0 Å². The average molecular weight is 451 g/mol. The number of nitrogens with one attached hydrogen (secondary N) is 2. The Morgan fingerprint density at radius 2 is 1.61 bits per heavy atom. The maximum Gasteiger partial charge on any atom is 0.171 e. The van der Waals surface area contributed by atoms with Gasteiger partial charge in [-0.1, -0.05) is 56.3 Å². The van der Waals surface area contributed by atoms with Gasteiger partial charge in [0.25, 0.3) is 0 Å². The molecule has 3 nitrogen and oxygen atoms in total. The van der Waals surface area contributed by atoms with Crippen LogP contribution >= 0.6 is 24.0 Å². The lowest BCUT2D eigenvalue weighted by Crippen LogP contribution is -2.33. The third kappa shape index (κ3) is 7.60. The van der Waals surface area contributed by atoms with Crippen molar-refractivity contribution in [3.8, 4) is 5.75 Å². The van der Waals surface area contributed by atoms with E-state index >= 15 is 0 Å². The molecule has 0 radical (unpaired) electrons. The van der Waals surface area contributed by atoms with Crippen molar-refractivity contribution in [3.05, 3.63) is 90.0 Å². The second kappa shape index (κ2) is 11.8. The third-order valence-corrected chi connectivity index (χ3v) is 6.19. The Balaban J connectivity index is 1.57. The number of hydrogen-bond acceptors (Lipinski definition) is 3. The molecule has 1 atom stereocenters. The number of rotatable bonds is 9. The van der Waals surface area contributed by atoms with Gasteiger partial charge in [0.2, 0.25) is 0 Å². The minimum atomic E-state index is 0.146. The second-order valence-corrected chi connectivity index (χ2v) is 9.31. The van der Waals surface area contributed by atoms with E-state index in [4.69, 9.17) is 17.0 Å². The fourth-order valence-corrected chi connectivity index (χ4v) is 4.41. The molecule has 0 aliphatic heterocycles. The molecule has 0 bridgehead atoms. The van der Waals surface area contributed by atoms with Gasteiger partial charge in [-0.2, -0.15) is 0 Å². The molecule has 2 N–H and O–H groups in total. The first-order valence-electron chi connectivity index (χ1n) is 10.5. The Morgan fingerprint density at radius 1 is 0.935 bits per heavy atom. The predicted molar refractivity (Wildman–Crippen MR) is 137 cm³/mol. The number of benzene rings is 3. The molecule has 0 aliphatic carbocycles. The molecular formula is C26H30N2OS2. The quantitative estimate of drug-likeness (QED) is 0.269.